The van der Waals surface area contributed by atoms with Gasteiger partial charge in [-0.2, -0.15) is 15.0 Å². The van der Waals surface area contributed by atoms with Gasteiger partial charge in [-0.25, -0.2) is 23.4 Å². The minimum Gasteiger partial charge on any atom is -0.368 e. The van der Waals surface area contributed by atoms with Crippen molar-refractivity contribution in [1.82, 2.24) is 29.9 Å². The molecule has 1 saturated heterocycles. The van der Waals surface area contributed by atoms with Crippen molar-refractivity contribution in [1.29, 1.82) is 0 Å². The van der Waals surface area contributed by atoms with Crippen molar-refractivity contribution >= 4 is 37.9 Å². The number of hydrogen-bond acceptors (Lipinski definition) is 9. The molecule has 0 radical (unpaired) electrons. The zero-order valence-corrected chi connectivity index (χ0v) is 21.9. The summed E-state index contributed by atoms with van der Waals surface area (Å²) < 4.78 is 23.6. The van der Waals surface area contributed by atoms with Gasteiger partial charge < -0.3 is 10.2 Å². The van der Waals surface area contributed by atoms with Crippen molar-refractivity contribution in [2.75, 3.05) is 28.8 Å². The van der Waals surface area contributed by atoms with E-state index in [2.05, 4.69) is 74.3 Å². The molecule has 1 N–H and O–H groups in total. The lowest BCUT2D eigenvalue weighted by molar-refractivity contribution is 0.342. The number of rotatable bonds is 7. The van der Waals surface area contributed by atoms with Gasteiger partial charge in [0, 0.05) is 55.3 Å². The number of sulfone groups is 1. The van der Waals surface area contributed by atoms with Crippen LogP contribution in [0.4, 0.5) is 17.3 Å². The highest BCUT2D eigenvalue weighted by Gasteiger charge is 2.38. The van der Waals surface area contributed by atoms with Crippen LogP contribution < -0.4 is 10.2 Å². The smallest absolute Gasteiger partial charge is 0.183 e. The maximum atomic E-state index is 11.8. The number of nitrogens with one attached hydrogen (secondary N) is 1. The average molecular weight is 507 g/mol. The van der Waals surface area contributed by atoms with Gasteiger partial charge in [-0.05, 0) is 42.0 Å². The molecule has 0 unspecified atom stereocenters. The molecular formula is C25H30N8O2S. The van der Waals surface area contributed by atoms with E-state index < -0.39 is 9.84 Å². The molecule has 4 heterocycles. The fraction of sp³-hybridized carbons (Fsp3) is 0.400. The Balaban J connectivity index is 1.46. The standard InChI is InChI=1S/C25H30N8O2S/c1-15(2)18-6-7-22(33-13-17(16(33)3)14-36(5,34)35)20-11-27-24(10-19(18)20)29-23-8-9-26-25(30-23)21-12-28-32(4)31-21/h6-12,15-17H,13-14H2,1-5H3,(H,26,27,29,30)/t16-,17-/m1/s1. The predicted molar refractivity (Wildman–Crippen MR) is 141 cm³/mol. The molecule has 0 saturated carbocycles. The van der Waals surface area contributed by atoms with Gasteiger partial charge >= 0.3 is 0 Å². The lowest BCUT2D eigenvalue weighted by Crippen LogP contribution is -2.57. The topological polar surface area (TPSA) is 119 Å². The van der Waals surface area contributed by atoms with E-state index in [1.165, 1.54) is 16.6 Å². The second-order valence-electron chi connectivity index (χ2n) is 9.80. The maximum Gasteiger partial charge on any atom is 0.183 e. The lowest BCUT2D eigenvalue weighted by atomic mass is 9.88. The van der Waals surface area contributed by atoms with E-state index in [9.17, 15) is 8.42 Å². The first-order valence-electron chi connectivity index (χ1n) is 11.9. The Morgan fingerprint density at radius 1 is 1.11 bits per heavy atom. The number of fused-ring (bicyclic) bond motifs is 1. The van der Waals surface area contributed by atoms with E-state index in [4.69, 9.17) is 0 Å². The SMILES string of the molecule is CC(C)c1ccc(N2C[C@H](CS(C)(=O)=O)[C@H]2C)c2cnc(Nc3ccnc(-c4cnn(C)n4)n3)cc12. The zero-order chi connectivity index (χ0) is 25.6. The van der Waals surface area contributed by atoms with Crippen LogP contribution in [0.2, 0.25) is 0 Å². The van der Waals surface area contributed by atoms with Gasteiger partial charge in [0.15, 0.2) is 5.82 Å². The first kappa shape index (κ1) is 24.1. The molecule has 3 aromatic heterocycles. The molecule has 2 atom stereocenters. The van der Waals surface area contributed by atoms with E-state index in [0.29, 0.717) is 29.1 Å². The third-order valence-corrected chi connectivity index (χ3v) is 7.74. The molecule has 188 valence electrons. The highest BCUT2D eigenvalue weighted by atomic mass is 32.2. The fourth-order valence-corrected chi connectivity index (χ4v) is 5.95. The van der Waals surface area contributed by atoms with Crippen LogP contribution in [0.1, 0.15) is 32.3 Å². The highest BCUT2D eigenvalue weighted by molar-refractivity contribution is 7.90. The summed E-state index contributed by atoms with van der Waals surface area (Å²) in [5.74, 6) is 2.45. The number of aryl methyl sites for hydroxylation is 1. The number of benzene rings is 1. The molecule has 4 aromatic rings. The van der Waals surface area contributed by atoms with E-state index in [1.807, 2.05) is 6.20 Å². The zero-order valence-electron chi connectivity index (χ0n) is 21.0. The highest BCUT2D eigenvalue weighted by Crippen LogP contribution is 2.39. The number of nitrogens with zero attached hydrogens (tertiary/aromatic N) is 7. The first-order valence-corrected chi connectivity index (χ1v) is 14.0. The molecule has 10 nitrogen and oxygen atoms in total. The molecule has 0 spiro atoms. The van der Waals surface area contributed by atoms with Crippen LogP contribution in [0.25, 0.3) is 22.3 Å². The molecule has 11 heteroatoms. The van der Waals surface area contributed by atoms with Crippen LogP contribution in [0.5, 0.6) is 0 Å². The van der Waals surface area contributed by atoms with Crippen molar-refractivity contribution in [3.63, 3.8) is 0 Å². The Morgan fingerprint density at radius 2 is 1.92 bits per heavy atom. The van der Waals surface area contributed by atoms with Crippen LogP contribution in [0.3, 0.4) is 0 Å². The Kier molecular flexibility index (Phi) is 6.11. The van der Waals surface area contributed by atoms with Gasteiger partial charge in [-0.1, -0.05) is 19.9 Å². The summed E-state index contributed by atoms with van der Waals surface area (Å²) in [6.07, 6.45) is 6.50. The van der Waals surface area contributed by atoms with Gasteiger partial charge in [0.2, 0.25) is 0 Å². The summed E-state index contributed by atoms with van der Waals surface area (Å²) in [7, 11) is -1.26. The molecule has 1 aliphatic heterocycles. The molecule has 0 bridgehead atoms. The Hall–Kier alpha value is -3.60. The predicted octanol–water partition coefficient (Wildman–Crippen LogP) is 3.56. The minimum atomic E-state index is -3.00. The first-order chi connectivity index (χ1) is 17.1. The van der Waals surface area contributed by atoms with Gasteiger partial charge in [0.1, 0.15) is 27.2 Å². The monoisotopic (exact) mass is 506 g/mol. The molecular weight excluding hydrogens is 476 g/mol. The molecule has 1 fully saturated rings. The summed E-state index contributed by atoms with van der Waals surface area (Å²) in [5.41, 5.74) is 2.90. The van der Waals surface area contributed by atoms with Crippen LogP contribution >= 0.6 is 0 Å². The number of aromatic nitrogens is 6. The Morgan fingerprint density at radius 3 is 2.58 bits per heavy atom. The van der Waals surface area contributed by atoms with Crippen molar-refractivity contribution in [2.45, 2.75) is 32.7 Å². The second-order valence-corrected chi connectivity index (χ2v) is 12.0. The summed E-state index contributed by atoms with van der Waals surface area (Å²) in [6.45, 7) is 7.16. The van der Waals surface area contributed by atoms with Crippen LogP contribution in [0, 0.1) is 5.92 Å². The van der Waals surface area contributed by atoms with Gasteiger partial charge in [0.05, 0.1) is 11.9 Å². The summed E-state index contributed by atoms with van der Waals surface area (Å²) >= 11 is 0. The molecule has 1 aromatic carbocycles. The normalized spacial score (nSPS) is 18.0. The van der Waals surface area contributed by atoms with Crippen LogP contribution in [-0.2, 0) is 16.9 Å². The third kappa shape index (κ3) is 4.75. The number of hydrogen-bond donors (Lipinski definition) is 1. The number of pyridine rings is 1. The van der Waals surface area contributed by atoms with Crippen molar-refractivity contribution in [3.05, 3.63) is 48.4 Å². The molecule has 5 rings (SSSR count). The molecule has 1 aliphatic rings. The lowest BCUT2D eigenvalue weighted by Gasteiger charge is -2.48. The van der Waals surface area contributed by atoms with Gasteiger partial charge in [-0.15, -0.1) is 0 Å². The largest absolute Gasteiger partial charge is 0.368 e. The van der Waals surface area contributed by atoms with Crippen molar-refractivity contribution in [2.24, 2.45) is 13.0 Å². The van der Waals surface area contributed by atoms with Crippen molar-refractivity contribution in [3.8, 4) is 11.5 Å². The average Bonchev–Trinajstić information content (AvgIpc) is 3.26. The van der Waals surface area contributed by atoms with Gasteiger partial charge in [0.25, 0.3) is 0 Å². The Labute approximate surface area is 210 Å². The quantitative estimate of drug-likeness (QED) is 0.401. The summed E-state index contributed by atoms with van der Waals surface area (Å²) in [4.78, 5) is 17.3. The van der Waals surface area contributed by atoms with Crippen LogP contribution in [0.15, 0.2) is 42.9 Å². The van der Waals surface area contributed by atoms with Crippen molar-refractivity contribution < 1.29 is 8.42 Å². The maximum absolute atomic E-state index is 11.8. The van der Waals surface area contributed by atoms with E-state index in [0.717, 1.165) is 23.0 Å². The molecule has 0 amide bonds. The number of anilines is 3. The minimum absolute atomic E-state index is 0.134. The molecule has 36 heavy (non-hydrogen) atoms. The van der Waals surface area contributed by atoms with E-state index in [-0.39, 0.29) is 17.7 Å². The molecule has 0 aliphatic carbocycles. The summed E-state index contributed by atoms with van der Waals surface area (Å²) in [5, 5.41) is 13.8. The van der Waals surface area contributed by atoms with E-state index >= 15 is 0 Å². The van der Waals surface area contributed by atoms with E-state index in [1.54, 1.807) is 25.5 Å². The summed E-state index contributed by atoms with van der Waals surface area (Å²) in [6, 6.07) is 8.29. The van der Waals surface area contributed by atoms with Crippen LogP contribution in [-0.4, -0.2) is 63.0 Å². The second kappa shape index (κ2) is 9.12. The third-order valence-electron chi connectivity index (χ3n) is 6.71. The van der Waals surface area contributed by atoms with Gasteiger partial charge in [-0.3, -0.25) is 0 Å². The Bertz CT molecular complexity index is 1530. The fourth-order valence-electron chi connectivity index (χ4n) is 4.79.